The number of allylic oxidation sites excluding steroid dienone is 1. The van der Waals surface area contributed by atoms with Gasteiger partial charge in [0.25, 0.3) is 0 Å². The molecule has 3 aromatic carbocycles. The standard InChI is InChI=1S/C61H81F2N8O15P/c1-5-6-11-48(66-54(74)32-38(2)43-17-19-45(20-18-43)61(62,63)87(80,81)82)59(78)70-35-44-34-46(44)56(70)58(77)67-47(21-24-52(64)72)39(3)86-36-42-14-12-40(13-15-42)9-7-26-65-55(75)37-85-31-30-84-29-28-83-27-8-10-41-16-22-49-51(33-41)69(4)60(79)71(49)50-23-25-53(73)68-57(50)76/h12-20,22,32-33,39,44,46-48,50,56H,5-11,21,23-31,34-37H2,1-4H3,(H2,64,72)(H,65,75)(H,66,74)(H,67,77)(H,68,73,76)(H2,80,81,82)/b38-32+/t39-,44-,46-,47+,48+,50?,56+/m1/s1. The van der Waals surface area contributed by atoms with E-state index in [-0.39, 0.29) is 81.3 Å². The molecule has 8 N–H and O–H groups in total. The number of benzene rings is 3. The summed E-state index contributed by atoms with van der Waals surface area (Å²) in [7, 11) is -4.11. The summed E-state index contributed by atoms with van der Waals surface area (Å²) in [5.74, 6) is -3.05. The number of rotatable bonds is 35. The molecule has 474 valence electrons. The Morgan fingerprint density at radius 3 is 2.21 bits per heavy atom. The molecule has 87 heavy (non-hydrogen) atoms. The summed E-state index contributed by atoms with van der Waals surface area (Å²) in [5.41, 5.74) is 4.92. The van der Waals surface area contributed by atoms with Gasteiger partial charge < -0.3 is 55.3 Å². The van der Waals surface area contributed by atoms with E-state index in [1.54, 1.807) is 20.9 Å². The first-order valence-corrected chi connectivity index (χ1v) is 31.2. The van der Waals surface area contributed by atoms with Gasteiger partial charge in [0.15, 0.2) is 0 Å². The summed E-state index contributed by atoms with van der Waals surface area (Å²) in [6.07, 6.45) is 6.44. The van der Waals surface area contributed by atoms with Gasteiger partial charge in [-0.3, -0.25) is 52.6 Å². The number of nitrogens with zero attached hydrogens (tertiary/aromatic N) is 3. The molecule has 3 fully saturated rings. The summed E-state index contributed by atoms with van der Waals surface area (Å²) in [6, 6.07) is 14.5. The highest BCUT2D eigenvalue weighted by atomic mass is 31.2. The fourth-order valence-electron chi connectivity index (χ4n) is 11.0. The Morgan fingerprint density at radius 1 is 0.862 bits per heavy atom. The minimum atomic E-state index is -5.78. The Kier molecular flexibility index (Phi) is 24.3. The number of hydrogen-bond acceptors (Lipinski definition) is 13. The zero-order chi connectivity index (χ0) is 63.0. The Hall–Kier alpha value is -6.99. The number of likely N-dealkylation sites (tertiary alicyclic amines) is 1. The molecule has 2 aliphatic heterocycles. The average molecular weight is 1240 g/mol. The van der Waals surface area contributed by atoms with Crippen LogP contribution in [-0.4, -0.2) is 142 Å². The van der Waals surface area contributed by atoms with E-state index in [1.807, 2.05) is 49.4 Å². The van der Waals surface area contributed by atoms with Crippen LogP contribution in [0.2, 0.25) is 0 Å². The molecule has 4 aromatic rings. The zero-order valence-corrected chi connectivity index (χ0v) is 50.5. The fourth-order valence-corrected chi connectivity index (χ4v) is 11.5. The van der Waals surface area contributed by atoms with E-state index in [1.165, 1.54) is 32.2 Å². The number of halogens is 2. The molecule has 1 aromatic heterocycles. The van der Waals surface area contributed by atoms with Gasteiger partial charge in [0, 0.05) is 51.2 Å². The number of imide groups is 1. The van der Waals surface area contributed by atoms with Crippen LogP contribution < -0.4 is 32.7 Å². The highest BCUT2D eigenvalue weighted by molar-refractivity contribution is 7.52. The molecule has 0 spiro atoms. The van der Waals surface area contributed by atoms with Crippen molar-refractivity contribution in [2.24, 2.45) is 24.6 Å². The number of amides is 7. The number of unbranched alkanes of at least 4 members (excludes halogenated alkanes) is 1. The minimum absolute atomic E-state index is 0.0261. The molecule has 0 bridgehead atoms. The van der Waals surface area contributed by atoms with Crippen molar-refractivity contribution in [1.29, 1.82) is 0 Å². The second-order valence-electron chi connectivity index (χ2n) is 22.6. The lowest BCUT2D eigenvalue weighted by Crippen LogP contribution is -2.57. The van der Waals surface area contributed by atoms with Crippen LogP contribution in [0.4, 0.5) is 8.78 Å². The van der Waals surface area contributed by atoms with Crippen LogP contribution in [0.1, 0.15) is 119 Å². The minimum Gasteiger partial charge on any atom is -0.379 e. The van der Waals surface area contributed by atoms with Gasteiger partial charge in [-0.25, -0.2) is 4.79 Å². The number of nitrogens with two attached hydrogens (primary N) is 1. The number of hydrogen-bond donors (Lipinski definition) is 7. The lowest BCUT2D eigenvalue weighted by molar-refractivity contribution is -0.143. The number of ether oxygens (including phenoxy) is 4. The monoisotopic (exact) mass is 1230 g/mol. The number of aromatic nitrogens is 2. The number of carbonyl (C=O) groups is 7. The third-order valence-corrected chi connectivity index (χ3v) is 17.1. The van der Waals surface area contributed by atoms with Crippen LogP contribution in [0.5, 0.6) is 0 Å². The lowest BCUT2D eigenvalue weighted by atomic mass is 10.0. The maximum Gasteiger partial charge on any atom is 0.399 e. The molecule has 1 unspecified atom stereocenters. The summed E-state index contributed by atoms with van der Waals surface area (Å²) in [5, 5.41) is 11.0. The third-order valence-electron chi connectivity index (χ3n) is 16.1. The Balaban J connectivity index is 0.767. The zero-order valence-electron chi connectivity index (χ0n) is 49.6. The number of nitrogens with one attached hydrogen (secondary N) is 4. The number of alkyl halides is 2. The Bertz CT molecular complexity index is 3220. The largest absolute Gasteiger partial charge is 0.399 e. The second-order valence-corrected chi connectivity index (χ2v) is 24.2. The van der Waals surface area contributed by atoms with Crippen molar-refractivity contribution in [3.8, 4) is 0 Å². The summed E-state index contributed by atoms with van der Waals surface area (Å²) in [6.45, 7) is 7.94. The average Bonchev–Trinajstić information content (AvgIpc) is 2.69. The molecule has 3 aliphatic rings. The van der Waals surface area contributed by atoms with E-state index in [0.29, 0.717) is 87.4 Å². The molecule has 7 rings (SSSR count). The van der Waals surface area contributed by atoms with Crippen LogP contribution in [0.3, 0.4) is 0 Å². The SMILES string of the molecule is CCCC[C@H](NC(=O)/C=C(\C)c1ccc(C(F)(F)P(=O)(O)O)cc1)C(=O)N1C[C@H]2C[C@H]2[C@H]1C(=O)N[C@@H](CCC(N)=O)[C@@H](C)OCc1ccc(CCCNC(=O)COCCOCCOCCCc2ccc3c(c2)n(C)c(=O)n3C2CCC(=O)NC2=O)cc1. The van der Waals surface area contributed by atoms with Gasteiger partial charge in [0.2, 0.25) is 41.4 Å². The molecule has 2 saturated heterocycles. The molecular formula is C61H81F2N8O15P. The van der Waals surface area contributed by atoms with Crippen molar-refractivity contribution >= 4 is 65.6 Å². The number of carbonyl (C=O) groups excluding carboxylic acids is 7. The van der Waals surface area contributed by atoms with Crippen molar-refractivity contribution in [2.45, 2.75) is 140 Å². The van der Waals surface area contributed by atoms with Gasteiger partial charge in [-0.15, -0.1) is 0 Å². The van der Waals surface area contributed by atoms with Gasteiger partial charge in [0.1, 0.15) is 24.7 Å². The van der Waals surface area contributed by atoms with Crippen LogP contribution in [0.25, 0.3) is 16.6 Å². The normalized spacial score (nSPS) is 18.9. The smallest absolute Gasteiger partial charge is 0.379 e. The molecule has 23 nitrogen and oxygen atoms in total. The summed E-state index contributed by atoms with van der Waals surface area (Å²) >= 11 is 0. The Labute approximate surface area is 503 Å². The lowest BCUT2D eigenvalue weighted by Gasteiger charge is -2.33. The predicted octanol–water partition coefficient (Wildman–Crippen LogP) is 4.56. The van der Waals surface area contributed by atoms with E-state index < -0.39 is 78.6 Å². The first-order chi connectivity index (χ1) is 41.5. The highest BCUT2D eigenvalue weighted by Gasteiger charge is 2.58. The molecule has 1 saturated carbocycles. The Morgan fingerprint density at radius 2 is 1.53 bits per heavy atom. The van der Waals surface area contributed by atoms with E-state index in [0.717, 1.165) is 48.1 Å². The molecule has 7 atom stereocenters. The van der Waals surface area contributed by atoms with Gasteiger partial charge >= 0.3 is 18.9 Å². The molecule has 7 amide bonds. The first-order valence-electron chi connectivity index (χ1n) is 29.6. The number of aryl methyl sites for hydroxylation is 3. The van der Waals surface area contributed by atoms with Crippen molar-refractivity contribution in [3.05, 3.63) is 111 Å². The molecule has 3 heterocycles. The number of fused-ring (bicyclic) bond motifs is 2. The molecular weight excluding hydrogens is 1150 g/mol. The molecule has 1 aliphatic carbocycles. The van der Waals surface area contributed by atoms with Gasteiger partial charge in [-0.05, 0) is 117 Å². The van der Waals surface area contributed by atoms with Gasteiger partial charge in [-0.1, -0.05) is 74.4 Å². The van der Waals surface area contributed by atoms with E-state index in [4.69, 9.17) is 34.5 Å². The van der Waals surface area contributed by atoms with Crippen molar-refractivity contribution in [2.75, 3.05) is 52.7 Å². The predicted molar refractivity (Wildman–Crippen MR) is 316 cm³/mol. The van der Waals surface area contributed by atoms with Gasteiger partial charge in [-0.2, -0.15) is 8.78 Å². The van der Waals surface area contributed by atoms with E-state index >= 15 is 0 Å². The van der Waals surface area contributed by atoms with Crippen LogP contribution >= 0.6 is 7.60 Å². The van der Waals surface area contributed by atoms with Crippen LogP contribution in [0.15, 0.2) is 77.6 Å². The highest BCUT2D eigenvalue weighted by Crippen LogP contribution is 2.59. The number of primary amides is 1. The maximum absolute atomic E-state index is 14.3. The maximum atomic E-state index is 14.3. The van der Waals surface area contributed by atoms with Crippen molar-refractivity contribution in [1.82, 2.24) is 35.3 Å². The van der Waals surface area contributed by atoms with Crippen LogP contribution in [-0.2, 0) is 89.2 Å². The van der Waals surface area contributed by atoms with E-state index in [9.17, 15) is 51.7 Å². The van der Waals surface area contributed by atoms with E-state index in [2.05, 4.69) is 21.3 Å². The fraction of sp³-hybridized carbons (Fsp3) is 0.541. The topological polar surface area (TPSA) is 318 Å². The van der Waals surface area contributed by atoms with Gasteiger partial charge in [0.05, 0.1) is 56.2 Å². The second kappa shape index (κ2) is 31.3. The van der Waals surface area contributed by atoms with Crippen molar-refractivity contribution < 1.29 is 75.6 Å². The summed E-state index contributed by atoms with van der Waals surface area (Å²) < 4.78 is 65.8. The molecule has 26 heteroatoms. The third kappa shape index (κ3) is 18.5. The summed E-state index contributed by atoms with van der Waals surface area (Å²) in [4.78, 5) is 123. The number of piperidine rings is 2. The van der Waals surface area contributed by atoms with Crippen molar-refractivity contribution in [3.63, 3.8) is 0 Å². The molecule has 0 radical (unpaired) electrons. The van der Waals surface area contributed by atoms with Crippen LogP contribution in [0, 0.1) is 11.8 Å². The first kappa shape index (κ1) is 67.5. The number of imidazole rings is 1. The quantitative estimate of drug-likeness (QED) is 0.0144.